The van der Waals surface area contributed by atoms with Crippen molar-refractivity contribution in [1.82, 2.24) is 4.90 Å². The second-order valence-electron chi connectivity index (χ2n) is 6.19. The highest BCUT2D eigenvalue weighted by Gasteiger charge is 2.36. The second kappa shape index (κ2) is 8.79. The first-order valence-corrected chi connectivity index (χ1v) is 9.62. The van der Waals surface area contributed by atoms with Gasteiger partial charge in [-0.1, -0.05) is 74.2 Å². The lowest BCUT2D eigenvalue weighted by Crippen LogP contribution is -2.43. The van der Waals surface area contributed by atoms with E-state index in [1.807, 2.05) is 43.3 Å². The van der Waals surface area contributed by atoms with E-state index >= 15 is 0 Å². The molecule has 2 atom stereocenters. The molecule has 3 nitrogen and oxygen atoms in total. The number of hydrogen-bond acceptors (Lipinski definition) is 4. The Morgan fingerprint density at radius 2 is 2.08 bits per heavy atom. The second-order valence-corrected chi connectivity index (χ2v) is 7.84. The van der Waals surface area contributed by atoms with Gasteiger partial charge in [-0.25, -0.2) is 0 Å². The Kier molecular flexibility index (Phi) is 7.02. The quantitative estimate of drug-likeness (QED) is 0.702. The van der Waals surface area contributed by atoms with Crippen molar-refractivity contribution in [3.05, 3.63) is 42.0 Å². The average Bonchev–Trinajstić information content (AvgIpc) is 2.97. The smallest absolute Gasteiger partial charge is 0.231 e. The van der Waals surface area contributed by atoms with E-state index in [9.17, 15) is 4.79 Å². The average molecular weight is 364 g/mol. The largest absolute Gasteiger partial charge is 0.376 e. The fourth-order valence-corrected chi connectivity index (χ4v) is 4.62. The van der Waals surface area contributed by atoms with E-state index in [2.05, 4.69) is 13.8 Å². The van der Waals surface area contributed by atoms with Gasteiger partial charge in [0.25, 0.3) is 0 Å². The third kappa shape index (κ3) is 4.26. The number of nitrogens with zero attached hydrogens (tertiary/aromatic N) is 1. The summed E-state index contributed by atoms with van der Waals surface area (Å²) in [5.41, 5.74) is 2.11. The predicted octanol–water partition coefficient (Wildman–Crippen LogP) is 4.38. The number of benzene rings is 1. The number of thioether (sulfide) groups is 1. The molecule has 1 aromatic carbocycles. The minimum atomic E-state index is -0.272. The molecule has 1 heterocycles. The molecule has 0 spiro atoms. The molecule has 130 valence electrons. The normalized spacial score (nSPS) is 19.9. The maximum absolute atomic E-state index is 12.9. The van der Waals surface area contributed by atoms with Gasteiger partial charge in [-0.2, -0.15) is 0 Å². The van der Waals surface area contributed by atoms with Crippen LogP contribution >= 0.6 is 24.0 Å². The maximum atomic E-state index is 12.9. The zero-order chi connectivity index (χ0) is 17.7. The fraction of sp³-hybridized carbons (Fsp3) is 0.474. The van der Waals surface area contributed by atoms with Crippen molar-refractivity contribution in [3.8, 4) is 0 Å². The van der Waals surface area contributed by atoms with Gasteiger partial charge >= 0.3 is 0 Å². The van der Waals surface area contributed by atoms with Crippen LogP contribution in [-0.2, 0) is 9.53 Å². The van der Waals surface area contributed by atoms with Gasteiger partial charge in [0.05, 0.1) is 12.5 Å². The van der Waals surface area contributed by atoms with E-state index in [-0.39, 0.29) is 18.1 Å². The first-order chi connectivity index (χ1) is 11.5. The molecule has 1 fully saturated rings. The molecule has 1 amide bonds. The Bertz CT molecular complexity index is 613. The molecule has 0 bridgehead atoms. The van der Waals surface area contributed by atoms with Gasteiger partial charge in [0.15, 0.2) is 0 Å². The van der Waals surface area contributed by atoms with Crippen molar-refractivity contribution in [2.45, 2.75) is 39.3 Å². The molecular formula is C19H25NO2S2. The summed E-state index contributed by atoms with van der Waals surface area (Å²) in [6.45, 7) is 6.25. The Balaban J connectivity index is 2.17. The molecular weight excluding hydrogens is 338 g/mol. The van der Waals surface area contributed by atoms with Crippen molar-refractivity contribution < 1.29 is 9.53 Å². The first kappa shape index (κ1) is 19.2. The van der Waals surface area contributed by atoms with Crippen LogP contribution in [0.3, 0.4) is 0 Å². The Hall–Kier alpha value is -1.17. The summed E-state index contributed by atoms with van der Waals surface area (Å²) >= 11 is 7.00. The number of carbonyl (C=O) groups is 1. The topological polar surface area (TPSA) is 29.5 Å². The molecule has 24 heavy (non-hydrogen) atoms. The van der Waals surface area contributed by atoms with Crippen molar-refractivity contribution in [2.24, 2.45) is 5.92 Å². The van der Waals surface area contributed by atoms with Gasteiger partial charge in [0, 0.05) is 18.9 Å². The van der Waals surface area contributed by atoms with Crippen LogP contribution < -0.4 is 0 Å². The third-order valence-corrected chi connectivity index (χ3v) is 5.86. The number of methoxy groups -OCH3 is 1. The van der Waals surface area contributed by atoms with Crippen LogP contribution in [0, 0.1) is 5.92 Å². The molecule has 0 aliphatic carbocycles. The number of rotatable bonds is 6. The third-order valence-electron chi connectivity index (χ3n) is 4.35. The van der Waals surface area contributed by atoms with E-state index in [0.717, 1.165) is 16.9 Å². The van der Waals surface area contributed by atoms with Gasteiger partial charge in [-0.15, -0.1) is 0 Å². The lowest BCUT2D eigenvalue weighted by atomic mass is 9.97. The van der Waals surface area contributed by atoms with Gasteiger partial charge in [-0.05, 0) is 24.0 Å². The van der Waals surface area contributed by atoms with E-state index < -0.39 is 0 Å². The molecule has 2 rings (SSSR count). The molecule has 1 aliphatic heterocycles. The SMILES string of the molecule is C/C=C(\c1ccccc1)[C@H](CC(=O)N1C(=S)SC[C@@H]1C(C)C)OC. The van der Waals surface area contributed by atoms with E-state index in [1.165, 1.54) is 0 Å². The first-order valence-electron chi connectivity index (χ1n) is 8.22. The van der Waals surface area contributed by atoms with Crippen LogP contribution in [0.25, 0.3) is 5.57 Å². The predicted molar refractivity (Wildman–Crippen MR) is 106 cm³/mol. The van der Waals surface area contributed by atoms with E-state index in [4.69, 9.17) is 17.0 Å². The highest BCUT2D eigenvalue weighted by Crippen LogP contribution is 2.31. The zero-order valence-electron chi connectivity index (χ0n) is 14.7. The van der Waals surface area contributed by atoms with E-state index in [0.29, 0.717) is 16.7 Å². The van der Waals surface area contributed by atoms with Crippen LogP contribution in [0.4, 0.5) is 0 Å². The van der Waals surface area contributed by atoms with Crippen molar-refractivity contribution in [1.29, 1.82) is 0 Å². The molecule has 1 aliphatic rings. The standard InChI is InChI=1S/C19H25NO2S2/c1-5-15(14-9-7-6-8-10-14)17(22-4)11-18(21)20-16(13(2)3)12-24-19(20)23/h5-10,13,16-17H,11-12H2,1-4H3/b15-5+/t16-,17+/m1/s1. The number of ether oxygens (including phenoxy) is 1. The molecule has 0 aromatic heterocycles. The van der Waals surface area contributed by atoms with Gasteiger partial charge in [-0.3, -0.25) is 9.69 Å². The van der Waals surface area contributed by atoms with E-state index in [1.54, 1.807) is 23.8 Å². The molecule has 0 saturated carbocycles. The highest BCUT2D eigenvalue weighted by atomic mass is 32.2. The Morgan fingerprint density at radius 1 is 1.42 bits per heavy atom. The fourth-order valence-electron chi connectivity index (χ4n) is 2.96. The maximum Gasteiger partial charge on any atom is 0.231 e. The molecule has 1 saturated heterocycles. The number of thiocarbonyl (C=S) groups is 1. The Morgan fingerprint density at radius 3 is 2.62 bits per heavy atom. The number of carbonyl (C=O) groups excluding carboxylic acids is 1. The summed E-state index contributed by atoms with van der Waals surface area (Å²) < 4.78 is 6.34. The molecule has 5 heteroatoms. The van der Waals surface area contributed by atoms with Crippen LogP contribution in [0.15, 0.2) is 36.4 Å². The molecule has 0 radical (unpaired) electrons. The summed E-state index contributed by atoms with van der Waals surface area (Å²) in [5, 5.41) is 0. The molecule has 0 N–H and O–H groups in total. The minimum Gasteiger partial charge on any atom is -0.376 e. The lowest BCUT2D eigenvalue weighted by molar-refractivity contribution is -0.130. The highest BCUT2D eigenvalue weighted by molar-refractivity contribution is 8.23. The lowest BCUT2D eigenvalue weighted by Gasteiger charge is -2.28. The minimum absolute atomic E-state index is 0.0471. The molecule has 0 unspecified atom stereocenters. The van der Waals surface area contributed by atoms with Crippen LogP contribution in [-0.4, -0.2) is 40.1 Å². The number of hydrogen-bond donors (Lipinski definition) is 0. The van der Waals surface area contributed by atoms with Crippen molar-refractivity contribution >= 4 is 39.8 Å². The molecule has 1 aromatic rings. The van der Waals surface area contributed by atoms with Crippen molar-refractivity contribution in [3.63, 3.8) is 0 Å². The van der Waals surface area contributed by atoms with Crippen LogP contribution in [0.2, 0.25) is 0 Å². The van der Waals surface area contributed by atoms with Gasteiger partial charge in [0.2, 0.25) is 5.91 Å². The summed E-state index contributed by atoms with van der Waals surface area (Å²) in [6, 6.07) is 10.2. The number of amides is 1. The van der Waals surface area contributed by atoms with Gasteiger partial charge < -0.3 is 4.74 Å². The van der Waals surface area contributed by atoms with Crippen LogP contribution in [0.1, 0.15) is 32.8 Å². The summed E-state index contributed by atoms with van der Waals surface area (Å²) in [6.07, 6.45) is 2.05. The monoisotopic (exact) mass is 363 g/mol. The summed E-state index contributed by atoms with van der Waals surface area (Å²) in [7, 11) is 1.65. The summed E-state index contributed by atoms with van der Waals surface area (Å²) in [5.74, 6) is 1.32. The summed E-state index contributed by atoms with van der Waals surface area (Å²) in [4.78, 5) is 14.7. The zero-order valence-corrected chi connectivity index (χ0v) is 16.3. The van der Waals surface area contributed by atoms with Crippen molar-refractivity contribution in [2.75, 3.05) is 12.9 Å². The van der Waals surface area contributed by atoms with Gasteiger partial charge in [0.1, 0.15) is 4.32 Å². The van der Waals surface area contributed by atoms with Crippen LogP contribution in [0.5, 0.6) is 0 Å². The Labute approximate surface area is 154 Å². The number of allylic oxidation sites excluding steroid dienone is 1.